The number of hydrogen-bond acceptors (Lipinski definition) is 4. The van der Waals surface area contributed by atoms with Gasteiger partial charge < -0.3 is 14.2 Å². The van der Waals surface area contributed by atoms with Crippen LogP contribution in [0.4, 0.5) is 0 Å². The van der Waals surface area contributed by atoms with Crippen molar-refractivity contribution in [2.24, 2.45) is 0 Å². The molecule has 4 rings (SSSR count). The predicted octanol–water partition coefficient (Wildman–Crippen LogP) is 3.62. The summed E-state index contributed by atoms with van der Waals surface area (Å²) in [7, 11) is 4.33. The van der Waals surface area contributed by atoms with Gasteiger partial charge in [-0.1, -0.05) is 0 Å². The Labute approximate surface area is 137 Å². The summed E-state index contributed by atoms with van der Waals surface area (Å²) in [6, 6.07) is 4.47. The van der Waals surface area contributed by atoms with E-state index in [-0.39, 0.29) is 0 Å². The molecule has 0 saturated heterocycles. The fourth-order valence-corrected chi connectivity index (χ4v) is 4.28. The maximum Gasteiger partial charge on any atom is 0.109 e. The molecule has 0 aliphatic carbocycles. The summed E-state index contributed by atoms with van der Waals surface area (Å²) in [5.41, 5.74) is 2.93. The number of hydrogen-bond donors (Lipinski definition) is 0. The van der Waals surface area contributed by atoms with Crippen LogP contribution in [0.2, 0.25) is 0 Å². The predicted molar refractivity (Wildman–Crippen MR) is 92.6 cm³/mol. The summed E-state index contributed by atoms with van der Waals surface area (Å²) in [6.45, 7) is 8.76. The Kier molecular flexibility index (Phi) is 4.71. The zero-order valence-electron chi connectivity index (χ0n) is 14.1. The Morgan fingerprint density at radius 3 is 2.41 bits per heavy atom. The first kappa shape index (κ1) is 15.8. The minimum Gasteiger partial charge on any atom is -0.466 e. The molecule has 0 fully saturated rings. The van der Waals surface area contributed by atoms with E-state index in [9.17, 15) is 0 Å². The van der Waals surface area contributed by atoms with Gasteiger partial charge in [0, 0.05) is 47.9 Å². The van der Waals surface area contributed by atoms with Crippen molar-refractivity contribution in [3.63, 3.8) is 0 Å². The second-order valence-corrected chi connectivity index (χ2v) is 7.93. The van der Waals surface area contributed by atoms with E-state index in [1.54, 1.807) is 10.4 Å². The molecular formula is C18H26N2OS. The van der Waals surface area contributed by atoms with Gasteiger partial charge in [-0.15, -0.1) is 11.3 Å². The summed E-state index contributed by atoms with van der Waals surface area (Å²) in [6.07, 6.45) is 2.32. The highest BCUT2D eigenvalue weighted by molar-refractivity contribution is 7.12. The fraction of sp³-hybridized carbons (Fsp3) is 0.556. The molecule has 0 radical (unpaired) electrons. The van der Waals surface area contributed by atoms with Crippen LogP contribution in [0.25, 0.3) is 0 Å². The van der Waals surface area contributed by atoms with Crippen LogP contribution in [-0.2, 0) is 25.9 Å². The maximum absolute atomic E-state index is 5.53. The Hall–Kier alpha value is -1.10. The summed E-state index contributed by atoms with van der Waals surface area (Å²) in [5, 5.41) is 0. The average molecular weight is 318 g/mol. The highest BCUT2D eigenvalue weighted by atomic mass is 32.1. The molecule has 3 nitrogen and oxygen atoms in total. The molecule has 0 N–H and O–H groups in total. The summed E-state index contributed by atoms with van der Waals surface area (Å²) < 4.78 is 5.53. The van der Waals surface area contributed by atoms with Crippen LogP contribution >= 0.6 is 11.3 Å². The van der Waals surface area contributed by atoms with Crippen LogP contribution in [0.5, 0.6) is 0 Å². The van der Waals surface area contributed by atoms with Crippen molar-refractivity contribution in [1.29, 1.82) is 0 Å². The molecule has 0 spiro atoms. The van der Waals surface area contributed by atoms with E-state index >= 15 is 0 Å². The van der Waals surface area contributed by atoms with E-state index in [1.807, 2.05) is 18.3 Å². The Morgan fingerprint density at radius 2 is 1.64 bits per heavy atom. The molecule has 2 aliphatic rings. The smallest absolute Gasteiger partial charge is 0.109 e. The Bertz CT molecular complexity index is 587. The van der Waals surface area contributed by atoms with Crippen LogP contribution in [0.1, 0.15) is 32.4 Å². The van der Waals surface area contributed by atoms with Crippen molar-refractivity contribution in [3.05, 3.63) is 44.5 Å². The molecule has 0 atom stereocenters. The number of likely N-dealkylation sites (N-methyl/N-ethyl adjacent to an activating group) is 2. The van der Waals surface area contributed by atoms with E-state index < -0.39 is 0 Å². The fourth-order valence-electron chi connectivity index (χ4n) is 3.25. The van der Waals surface area contributed by atoms with Gasteiger partial charge in [0.2, 0.25) is 0 Å². The van der Waals surface area contributed by atoms with Crippen molar-refractivity contribution < 1.29 is 4.42 Å². The number of nitrogens with zero attached hydrogens (tertiary/aromatic N) is 2. The van der Waals surface area contributed by atoms with Crippen molar-refractivity contribution in [2.75, 3.05) is 27.2 Å². The van der Waals surface area contributed by atoms with Crippen LogP contribution in [0.3, 0.4) is 0 Å². The highest BCUT2D eigenvalue weighted by Gasteiger charge is 2.16. The van der Waals surface area contributed by atoms with Gasteiger partial charge in [0.1, 0.15) is 11.5 Å². The molecule has 0 amide bonds. The minimum atomic E-state index is 1.05. The second-order valence-electron chi connectivity index (χ2n) is 6.59. The van der Waals surface area contributed by atoms with E-state index in [0.29, 0.717) is 0 Å². The molecule has 4 heteroatoms. The number of fused-ring (bicyclic) bond motifs is 2. The highest BCUT2D eigenvalue weighted by Crippen LogP contribution is 2.26. The molecule has 0 bridgehead atoms. The second kappa shape index (κ2) is 6.57. The molecule has 2 aromatic rings. The topological polar surface area (TPSA) is 19.6 Å². The zero-order valence-corrected chi connectivity index (χ0v) is 14.9. The van der Waals surface area contributed by atoms with Crippen LogP contribution in [-0.4, -0.2) is 37.0 Å². The van der Waals surface area contributed by atoms with Crippen LogP contribution < -0.4 is 0 Å². The van der Waals surface area contributed by atoms with Gasteiger partial charge in [-0.3, -0.25) is 0 Å². The van der Waals surface area contributed by atoms with E-state index in [2.05, 4.69) is 43.0 Å². The van der Waals surface area contributed by atoms with Gasteiger partial charge in [-0.25, -0.2) is 0 Å². The summed E-state index contributed by atoms with van der Waals surface area (Å²) in [4.78, 5) is 7.78. The number of furan rings is 1. The third kappa shape index (κ3) is 3.62. The number of thiophene rings is 1. The lowest BCUT2D eigenvalue weighted by Gasteiger charge is -2.21. The normalized spacial score (nSPS) is 18.4. The van der Waals surface area contributed by atoms with Crippen LogP contribution in [0, 0.1) is 13.8 Å². The molecule has 2 aliphatic heterocycles. The molecular weight excluding hydrogens is 292 g/mol. The van der Waals surface area contributed by atoms with Gasteiger partial charge in [-0.05, 0) is 52.1 Å². The summed E-state index contributed by atoms with van der Waals surface area (Å²) >= 11 is 1.97. The number of aryl methyl sites for hydroxylation is 2. The van der Waals surface area contributed by atoms with Crippen molar-refractivity contribution >= 4 is 11.3 Å². The first-order chi connectivity index (χ1) is 10.5. The first-order valence-corrected chi connectivity index (χ1v) is 8.86. The maximum atomic E-state index is 5.53. The van der Waals surface area contributed by atoms with Gasteiger partial charge in [0.05, 0.1) is 0 Å². The third-order valence-electron chi connectivity index (χ3n) is 4.36. The van der Waals surface area contributed by atoms with Gasteiger partial charge >= 0.3 is 0 Å². The average Bonchev–Trinajstić information content (AvgIpc) is 2.99. The van der Waals surface area contributed by atoms with Crippen molar-refractivity contribution in [2.45, 2.75) is 39.8 Å². The van der Waals surface area contributed by atoms with Crippen molar-refractivity contribution in [1.82, 2.24) is 9.80 Å². The van der Waals surface area contributed by atoms with Crippen LogP contribution in [0.15, 0.2) is 16.5 Å². The standard InChI is InChI=1S/C9H13NO.C9H13NS/c2*1-7-5-8-6-10(2)4-3-9(8)11-7/h2*5H,3-4,6H2,1-2H3. The van der Waals surface area contributed by atoms with Crippen molar-refractivity contribution in [3.8, 4) is 0 Å². The van der Waals surface area contributed by atoms with Gasteiger partial charge in [0.15, 0.2) is 0 Å². The van der Waals surface area contributed by atoms with E-state index in [4.69, 9.17) is 4.42 Å². The van der Waals surface area contributed by atoms with Gasteiger partial charge in [0.25, 0.3) is 0 Å². The first-order valence-electron chi connectivity index (χ1n) is 8.04. The third-order valence-corrected chi connectivity index (χ3v) is 5.51. The number of rotatable bonds is 0. The SMILES string of the molecule is Cc1cc2c(o1)CCN(C)C2.Cc1cc2c(s1)CCN(C)C2. The van der Waals surface area contributed by atoms with E-state index in [0.717, 1.165) is 31.8 Å². The van der Waals surface area contributed by atoms with Gasteiger partial charge in [-0.2, -0.15) is 0 Å². The molecule has 4 heterocycles. The molecule has 0 aromatic carbocycles. The Morgan fingerprint density at radius 1 is 0.955 bits per heavy atom. The summed E-state index contributed by atoms with van der Waals surface area (Å²) in [5.74, 6) is 2.24. The zero-order chi connectivity index (χ0) is 15.7. The lowest BCUT2D eigenvalue weighted by atomic mass is 10.1. The monoisotopic (exact) mass is 318 g/mol. The minimum absolute atomic E-state index is 1.05. The Balaban J connectivity index is 0.000000131. The molecule has 2 aromatic heterocycles. The van der Waals surface area contributed by atoms with E-state index in [1.165, 1.54) is 29.2 Å². The largest absolute Gasteiger partial charge is 0.466 e. The lowest BCUT2D eigenvalue weighted by molar-refractivity contribution is 0.292. The molecule has 0 unspecified atom stereocenters. The molecule has 120 valence electrons. The lowest BCUT2D eigenvalue weighted by Crippen LogP contribution is -2.25. The molecule has 22 heavy (non-hydrogen) atoms. The quantitative estimate of drug-likeness (QED) is 0.740. The molecule has 0 saturated carbocycles.